The quantitative estimate of drug-likeness (QED) is 0.764. The lowest BCUT2D eigenvalue weighted by Crippen LogP contribution is -2.42. The zero-order valence-corrected chi connectivity index (χ0v) is 15.5. The summed E-state index contributed by atoms with van der Waals surface area (Å²) < 4.78 is 0. The van der Waals surface area contributed by atoms with Crippen LogP contribution in [-0.4, -0.2) is 6.04 Å². The van der Waals surface area contributed by atoms with Crippen LogP contribution in [0.5, 0.6) is 0 Å². The molecule has 1 saturated carbocycles. The van der Waals surface area contributed by atoms with E-state index in [2.05, 4.69) is 59.0 Å². The highest BCUT2D eigenvalue weighted by Crippen LogP contribution is 2.34. The van der Waals surface area contributed by atoms with Crippen molar-refractivity contribution >= 4 is 11.3 Å². The number of thiophene rings is 1. The average molecular weight is 308 g/mol. The van der Waals surface area contributed by atoms with E-state index < -0.39 is 0 Å². The van der Waals surface area contributed by atoms with Crippen LogP contribution in [0.3, 0.4) is 0 Å². The van der Waals surface area contributed by atoms with Crippen molar-refractivity contribution in [1.82, 2.24) is 5.32 Å². The summed E-state index contributed by atoms with van der Waals surface area (Å²) in [6.07, 6.45) is 4.16. The first-order chi connectivity index (χ1) is 9.77. The predicted molar refractivity (Wildman–Crippen MR) is 95.0 cm³/mol. The normalized spacial score (nSPS) is 27.3. The molecule has 1 heterocycles. The van der Waals surface area contributed by atoms with Gasteiger partial charge in [-0.2, -0.15) is 0 Å². The van der Waals surface area contributed by atoms with Crippen molar-refractivity contribution < 1.29 is 0 Å². The molecule has 0 bridgehead atoms. The van der Waals surface area contributed by atoms with Crippen molar-refractivity contribution in [1.29, 1.82) is 0 Å². The van der Waals surface area contributed by atoms with Gasteiger partial charge in [-0.3, -0.25) is 0 Å². The second-order valence-corrected chi connectivity index (χ2v) is 9.50. The molecule has 1 aromatic rings. The Balaban J connectivity index is 1.95. The van der Waals surface area contributed by atoms with Crippen molar-refractivity contribution in [3.63, 3.8) is 0 Å². The van der Waals surface area contributed by atoms with Crippen molar-refractivity contribution in [2.75, 3.05) is 0 Å². The summed E-state index contributed by atoms with van der Waals surface area (Å²) in [6.45, 7) is 15.1. The van der Waals surface area contributed by atoms with Gasteiger partial charge < -0.3 is 5.32 Å². The van der Waals surface area contributed by atoms with Crippen molar-refractivity contribution in [2.45, 2.75) is 78.8 Å². The molecule has 1 nitrogen and oxygen atoms in total. The summed E-state index contributed by atoms with van der Waals surface area (Å²) >= 11 is 1.98. The van der Waals surface area contributed by atoms with E-state index in [-0.39, 0.29) is 5.41 Å². The predicted octanol–water partition coefficient (Wildman–Crippen LogP) is 5.60. The topological polar surface area (TPSA) is 12.0 Å². The first kappa shape index (κ1) is 17.0. The monoisotopic (exact) mass is 307 g/mol. The van der Waals surface area contributed by atoms with Gasteiger partial charge in [0.2, 0.25) is 0 Å². The maximum atomic E-state index is 3.87. The van der Waals surface area contributed by atoms with Crippen LogP contribution in [0.1, 0.15) is 70.6 Å². The molecule has 1 fully saturated rings. The molecule has 1 N–H and O–H groups in total. The second-order valence-electron chi connectivity index (χ2n) is 8.33. The van der Waals surface area contributed by atoms with E-state index in [1.165, 1.54) is 29.0 Å². The lowest BCUT2D eigenvalue weighted by Gasteiger charge is -2.38. The largest absolute Gasteiger partial charge is 0.309 e. The molecule has 1 aromatic heterocycles. The van der Waals surface area contributed by atoms with Crippen molar-refractivity contribution in [3.05, 3.63) is 21.9 Å². The third-order valence-electron chi connectivity index (χ3n) is 4.96. The van der Waals surface area contributed by atoms with Crippen LogP contribution < -0.4 is 5.32 Å². The van der Waals surface area contributed by atoms with E-state index in [0.29, 0.717) is 6.04 Å². The van der Waals surface area contributed by atoms with E-state index in [9.17, 15) is 0 Å². The Morgan fingerprint density at radius 3 is 2.52 bits per heavy atom. The smallest absolute Gasteiger partial charge is 0.0302 e. The molecule has 2 heteroatoms. The van der Waals surface area contributed by atoms with Crippen LogP contribution >= 0.6 is 11.3 Å². The van der Waals surface area contributed by atoms with Gasteiger partial charge in [-0.25, -0.2) is 0 Å². The number of hydrogen-bond acceptors (Lipinski definition) is 2. The third kappa shape index (κ3) is 4.56. The maximum Gasteiger partial charge on any atom is 0.0302 e. The van der Waals surface area contributed by atoms with E-state index in [1.54, 1.807) is 0 Å². The van der Waals surface area contributed by atoms with Gasteiger partial charge in [-0.05, 0) is 48.1 Å². The minimum Gasteiger partial charge on any atom is -0.309 e. The average Bonchev–Trinajstić information content (AvgIpc) is 2.84. The van der Waals surface area contributed by atoms with Gasteiger partial charge in [0.15, 0.2) is 0 Å². The summed E-state index contributed by atoms with van der Waals surface area (Å²) in [5, 5.41) is 3.87. The molecule has 2 rings (SSSR count). The first-order valence-electron chi connectivity index (χ1n) is 8.60. The van der Waals surface area contributed by atoms with Crippen LogP contribution in [-0.2, 0) is 12.0 Å². The SMILES string of the molecule is CC1CCC(C(C)C)C(NCc2ccc(C(C)(C)C)s2)C1. The molecule has 0 aromatic carbocycles. The molecule has 3 atom stereocenters. The van der Waals surface area contributed by atoms with Crippen molar-refractivity contribution in [3.8, 4) is 0 Å². The highest BCUT2D eigenvalue weighted by molar-refractivity contribution is 7.12. The zero-order valence-electron chi connectivity index (χ0n) is 14.7. The summed E-state index contributed by atoms with van der Waals surface area (Å²) in [6, 6.07) is 5.33. The van der Waals surface area contributed by atoms with Gasteiger partial charge in [0.1, 0.15) is 0 Å². The lowest BCUT2D eigenvalue weighted by atomic mass is 9.74. The van der Waals surface area contributed by atoms with Crippen LogP contribution in [0.25, 0.3) is 0 Å². The fourth-order valence-electron chi connectivity index (χ4n) is 3.54. The van der Waals surface area contributed by atoms with Gasteiger partial charge in [0.25, 0.3) is 0 Å². The highest BCUT2D eigenvalue weighted by atomic mass is 32.1. The zero-order chi connectivity index (χ0) is 15.6. The molecule has 0 radical (unpaired) electrons. The van der Waals surface area contributed by atoms with E-state index in [0.717, 1.165) is 24.3 Å². The van der Waals surface area contributed by atoms with Gasteiger partial charge in [0.05, 0.1) is 0 Å². The Hall–Kier alpha value is -0.340. The molecular weight excluding hydrogens is 274 g/mol. The van der Waals surface area contributed by atoms with Crippen LogP contribution in [0.4, 0.5) is 0 Å². The van der Waals surface area contributed by atoms with Gasteiger partial charge in [0, 0.05) is 22.3 Å². The van der Waals surface area contributed by atoms with Crippen LogP contribution in [0.15, 0.2) is 12.1 Å². The Kier molecular flexibility index (Phi) is 5.54. The van der Waals surface area contributed by atoms with E-state index >= 15 is 0 Å². The van der Waals surface area contributed by atoms with Gasteiger partial charge in [-0.1, -0.05) is 48.0 Å². The number of nitrogens with one attached hydrogen (secondary N) is 1. The Morgan fingerprint density at radius 2 is 1.95 bits per heavy atom. The molecule has 0 spiro atoms. The van der Waals surface area contributed by atoms with E-state index in [1.807, 2.05) is 11.3 Å². The molecular formula is C19H33NS. The standard InChI is InChI=1S/C19H33NS/c1-13(2)16-9-7-14(3)11-17(16)20-12-15-8-10-18(21-15)19(4,5)6/h8,10,13-14,16-17,20H,7,9,11-12H2,1-6H3. The Morgan fingerprint density at radius 1 is 1.24 bits per heavy atom. The lowest BCUT2D eigenvalue weighted by molar-refractivity contribution is 0.169. The Labute approximate surface area is 135 Å². The molecule has 0 amide bonds. The minimum atomic E-state index is 0.280. The van der Waals surface area contributed by atoms with E-state index in [4.69, 9.17) is 0 Å². The molecule has 1 aliphatic rings. The maximum absolute atomic E-state index is 3.87. The van der Waals surface area contributed by atoms with Crippen LogP contribution in [0.2, 0.25) is 0 Å². The second kappa shape index (κ2) is 6.83. The molecule has 1 aliphatic carbocycles. The summed E-state index contributed by atoms with van der Waals surface area (Å²) in [5.41, 5.74) is 0.280. The molecule has 21 heavy (non-hydrogen) atoms. The molecule has 0 saturated heterocycles. The minimum absolute atomic E-state index is 0.280. The highest BCUT2D eigenvalue weighted by Gasteiger charge is 2.30. The van der Waals surface area contributed by atoms with Crippen LogP contribution in [0, 0.1) is 17.8 Å². The molecule has 120 valence electrons. The fraction of sp³-hybridized carbons (Fsp3) is 0.789. The third-order valence-corrected chi connectivity index (χ3v) is 6.47. The Bertz CT molecular complexity index is 441. The first-order valence-corrected chi connectivity index (χ1v) is 9.41. The van der Waals surface area contributed by atoms with Gasteiger partial charge in [-0.15, -0.1) is 11.3 Å². The molecule has 0 aliphatic heterocycles. The number of hydrogen-bond donors (Lipinski definition) is 1. The van der Waals surface area contributed by atoms with Crippen molar-refractivity contribution in [2.24, 2.45) is 17.8 Å². The summed E-state index contributed by atoms with van der Waals surface area (Å²) in [5.74, 6) is 2.53. The number of rotatable bonds is 4. The summed E-state index contributed by atoms with van der Waals surface area (Å²) in [4.78, 5) is 2.98. The summed E-state index contributed by atoms with van der Waals surface area (Å²) in [7, 11) is 0. The molecule has 3 unspecified atom stereocenters. The van der Waals surface area contributed by atoms with Gasteiger partial charge >= 0.3 is 0 Å². The fourth-order valence-corrected chi connectivity index (χ4v) is 4.56.